The molecule has 0 bridgehead atoms. The van der Waals surface area contributed by atoms with Crippen LogP contribution < -0.4 is 0 Å². The molecule has 3 rings (SSSR count). The zero-order chi connectivity index (χ0) is 16.3. The number of rotatable bonds is 4. The minimum Gasteiger partial charge on any atom is -0.480 e. The van der Waals surface area contributed by atoms with Crippen LogP contribution in [-0.2, 0) is 19.9 Å². The lowest BCUT2D eigenvalue weighted by Gasteiger charge is -2.39. The lowest BCUT2D eigenvalue weighted by Crippen LogP contribution is -2.44. The number of carboxylic acids is 1. The van der Waals surface area contributed by atoms with Crippen molar-refractivity contribution >= 4 is 11.9 Å². The largest absolute Gasteiger partial charge is 0.480 e. The van der Waals surface area contributed by atoms with Crippen LogP contribution in [0.2, 0.25) is 0 Å². The van der Waals surface area contributed by atoms with Crippen LogP contribution >= 0.6 is 0 Å². The summed E-state index contributed by atoms with van der Waals surface area (Å²) in [6.07, 6.45) is 7.04. The highest BCUT2D eigenvalue weighted by molar-refractivity contribution is 5.99. The summed E-state index contributed by atoms with van der Waals surface area (Å²) in [5.41, 5.74) is -0.993. The van der Waals surface area contributed by atoms with Crippen LogP contribution in [0.3, 0.4) is 0 Å². The van der Waals surface area contributed by atoms with Gasteiger partial charge in [-0.25, -0.2) is 0 Å². The summed E-state index contributed by atoms with van der Waals surface area (Å²) in [4.78, 5) is 24.6. The van der Waals surface area contributed by atoms with Gasteiger partial charge in [-0.05, 0) is 44.1 Å². The van der Waals surface area contributed by atoms with E-state index in [1.165, 1.54) is 0 Å². The van der Waals surface area contributed by atoms with Gasteiger partial charge in [0.2, 0.25) is 0 Å². The summed E-state index contributed by atoms with van der Waals surface area (Å²) >= 11 is 0. The maximum Gasteiger partial charge on any atom is 0.324 e. The van der Waals surface area contributed by atoms with Crippen molar-refractivity contribution < 1.29 is 19.4 Å². The normalized spacial score (nSPS) is 22.4. The molecule has 1 aromatic rings. The molecule has 0 radical (unpaired) electrons. The molecule has 4 nitrogen and oxygen atoms in total. The predicted molar refractivity (Wildman–Crippen MR) is 85.8 cm³/mol. The number of ether oxygens (including phenoxy) is 1. The lowest BCUT2D eigenvalue weighted by atomic mass is 9.78. The Bertz CT molecular complexity index is 566. The highest BCUT2D eigenvalue weighted by Crippen LogP contribution is 2.45. The number of benzene rings is 1. The second kappa shape index (κ2) is 6.34. The fourth-order valence-corrected chi connectivity index (χ4v) is 4.07. The van der Waals surface area contributed by atoms with Crippen molar-refractivity contribution in [1.29, 1.82) is 0 Å². The minimum atomic E-state index is -1.33. The fraction of sp³-hybridized carbons (Fsp3) is 0.579. The van der Waals surface area contributed by atoms with Gasteiger partial charge in [0.05, 0.1) is 0 Å². The van der Waals surface area contributed by atoms with Gasteiger partial charge in [0, 0.05) is 0 Å². The Labute approximate surface area is 136 Å². The third-order valence-electron chi connectivity index (χ3n) is 5.51. The number of carbonyl (C=O) groups excluding carboxylic acids is 1. The number of esters is 1. The smallest absolute Gasteiger partial charge is 0.324 e. The molecule has 2 aliphatic rings. The van der Waals surface area contributed by atoms with E-state index >= 15 is 0 Å². The second-order valence-corrected chi connectivity index (χ2v) is 6.90. The van der Waals surface area contributed by atoms with E-state index in [1.54, 1.807) is 0 Å². The molecule has 0 unspecified atom stereocenters. The second-order valence-electron chi connectivity index (χ2n) is 6.90. The zero-order valence-corrected chi connectivity index (χ0v) is 13.4. The highest BCUT2D eigenvalue weighted by atomic mass is 16.6. The van der Waals surface area contributed by atoms with Gasteiger partial charge in [-0.15, -0.1) is 0 Å². The third-order valence-corrected chi connectivity index (χ3v) is 5.51. The molecule has 4 heteroatoms. The topological polar surface area (TPSA) is 63.6 Å². The van der Waals surface area contributed by atoms with Gasteiger partial charge < -0.3 is 9.84 Å². The third kappa shape index (κ3) is 2.87. The van der Waals surface area contributed by atoms with E-state index in [9.17, 15) is 14.7 Å². The molecule has 0 amide bonds. The monoisotopic (exact) mass is 316 g/mol. The first-order chi connectivity index (χ1) is 11.1. The van der Waals surface area contributed by atoms with Crippen molar-refractivity contribution in [3.05, 3.63) is 35.9 Å². The van der Waals surface area contributed by atoms with E-state index in [-0.39, 0.29) is 0 Å². The zero-order valence-electron chi connectivity index (χ0n) is 13.4. The molecule has 0 spiro atoms. The van der Waals surface area contributed by atoms with E-state index in [1.807, 2.05) is 30.3 Å². The Morgan fingerprint density at radius 2 is 1.43 bits per heavy atom. The van der Waals surface area contributed by atoms with E-state index in [2.05, 4.69) is 0 Å². The average molecular weight is 316 g/mol. The van der Waals surface area contributed by atoms with Crippen LogP contribution in [-0.4, -0.2) is 17.0 Å². The molecule has 2 aliphatic carbocycles. The van der Waals surface area contributed by atoms with Crippen LogP contribution in [0.1, 0.15) is 63.4 Å². The maximum atomic E-state index is 12.9. The van der Waals surface area contributed by atoms with Crippen molar-refractivity contribution in [2.24, 2.45) is 5.41 Å². The quantitative estimate of drug-likeness (QED) is 0.673. The van der Waals surface area contributed by atoms with E-state index in [0.717, 1.165) is 50.5 Å². The molecule has 0 saturated heterocycles. The molecule has 0 heterocycles. The Morgan fingerprint density at radius 1 is 0.870 bits per heavy atom. The van der Waals surface area contributed by atoms with Crippen LogP contribution in [0.15, 0.2) is 30.3 Å². The van der Waals surface area contributed by atoms with Crippen LogP contribution in [0.5, 0.6) is 0 Å². The molecule has 1 aromatic carbocycles. The van der Waals surface area contributed by atoms with Gasteiger partial charge in [-0.3, -0.25) is 9.59 Å². The minimum absolute atomic E-state index is 0.395. The lowest BCUT2D eigenvalue weighted by molar-refractivity contribution is -0.184. The number of carboxylic acid groups (broad SMARTS) is 1. The van der Waals surface area contributed by atoms with Crippen molar-refractivity contribution in [1.82, 2.24) is 0 Å². The number of hydrogen-bond acceptors (Lipinski definition) is 3. The Balaban J connectivity index is 1.90. The van der Waals surface area contributed by atoms with Crippen molar-refractivity contribution in [3.8, 4) is 0 Å². The standard InChI is InChI=1S/C19H24O4/c20-16(21)18(11-7-8-12-18)17(22)23-19(13-5-2-6-14-19)15-9-3-1-4-10-15/h1,3-4,9-10H,2,5-8,11-14H2,(H,20,21). The molecule has 0 atom stereocenters. The number of hydrogen-bond donors (Lipinski definition) is 1. The molecule has 1 N–H and O–H groups in total. The summed E-state index contributed by atoms with van der Waals surface area (Å²) in [5, 5.41) is 9.62. The molecule has 124 valence electrons. The van der Waals surface area contributed by atoms with Crippen molar-refractivity contribution in [2.75, 3.05) is 0 Å². The molecule has 2 saturated carbocycles. The first kappa shape index (κ1) is 16.0. The van der Waals surface area contributed by atoms with Gasteiger partial charge in [-0.1, -0.05) is 49.6 Å². The number of aliphatic carboxylic acids is 1. The molecular weight excluding hydrogens is 292 g/mol. The summed E-state index contributed by atoms with van der Waals surface area (Å²) in [6.45, 7) is 0. The van der Waals surface area contributed by atoms with Gasteiger partial charge in [-0.2, -0.15) is 0 Å². The van der Waals surface area contributed by atoms with Crippen molar-refractivity contribution in [3.63, 3.8) is 0 Å². The number of carbonyl (C=O) groups is 2. The van der Waals surface area contributed by atoms with Gasteiger partial charge >= 0.3 is 11.9 Å². The average Bonchev–Trinajstić information content (AvgIpc) is 3.08. The molecule has 23 heavy (non-hydrogen) atoms. The SMILES string of the molecule is O=C(O)C1(C(=O)OC2(c3ccccc3)CCCCC2)CCCC1. The van der Waals surface area contributed by atoms with E-state index in [0.29, 0.717) is 12.8 Å². The first-order valence-corrected chi connectivity index (χ1v) is 8.62. The predicted octanol–water partition coefficient (Wildman–Crippen LogP) is 4.03. The molecule has 0 aromatic heterocycles. The van der Waals surface area contributed by atoms with Gasteiger partial charge in [0.25, 0.3) is 0 Å². The fourth-order valence-electron chi connectivity index (χ4n) is 4.07. The van der Waals surface area contributed by atoms with Crippen LogP contribution in [0.25, 0.3) is 0 Å². The Kier molecular flexibility index (Phi) is 4.42. The molecule has 2 fully saturated rings. The Morgan fingerprint density at radius 3 is 2.00 bits per heavy atom. The molecule has 0 aliphatic heterocycles. The Hall–Kier alpha value is -1.84. The highest BCUT2D eigenvalue weighted by Gasteiger charge is 2.52. The summed E-state index contributed by atoms with van der Waals surface area (Å²) < 4.78 is 5.99. The molecular formula is C19H24O4. The van der Waals surface area contributed by atoms with Crippen LogP contribution in [0, 0.1) is 5.41 Å². The van der Waals surface area contributed by atoms with Gasteiger partial charge in [0.1, 0.15) is 5.60 Å². The first-order valence-electron chi connectivity index (χ1n) is 8.62. The maximum absolute atomic E-state index is 12.9. The summed E-state index contributed by atoms with van der Waals surface area (Å²) in [6, 6.07) is 9.81. The van der Waals surface area contributed by atoms with Crippen LogP contribution in [0.4, 0.5) is 0 Å². The van der Waals surface area contributed by atoms with Crippen molar-refractivity contribution in [2.45, 2.75) is 63.4 Å². The van der Waals surface area contributed by atoms with Gasteiger partial charge in [0.15, 0.2) is 5.41 Å². The summed E-state index contributed by atoms with van der Waals surface area (Å²) in [5.74, 6) is -1.56. The van der Waals surface area contributed by atoms with E-state index in [4.69, 9.17) is 4.74 Å². The van der Waals surface area contributed by atoms with E-state index < -0.39 is 23.0 Å². The summed E-state index contributed by atoms with van der Waals surface area (Å²) in [7, 11) is 0.